The molecular formula is C20H24FN3O. The fraction of sp³-hybridized carbons (Fsp3) is 0.400. The maximum Gasteiger partial charge on any atom is 0.227 e. The van der Waals surface area contributed by atoms with E-state index in [-0.39, 0.29) is 17.8 Å². The first-order valence-corrected chi connectivity index (χ1v) is 8.74. The van der Waals surface area contributed by atoms with Gasteiger partial charge in [-0.2, -0.15) is 0 Å². The number of piperidine rings is 1. The molecule has 5 heteroatoms. The molecule has 3 rings (SSSR count). The lowest BCUT2D eigenvalue weighted by Gasteiger charge is -2.37. The zero-order valence-corrected chi connectivity index (χ0v) is 14.6. The summed E-state index contributed by atoms with van der Waals surface area (Å²) in [7, 11) is 1.87. The molecule has 2 heterocycles. The molecular weight excluding hydrogens is 317 g/mol. The molecule has 0 bridgehead atoms. The van der Waals surface area contributed by atoms with Gasteiger partial charge in [-0.15, -0.1) is 0 Å². The number of likely N-dealkylation sites (N-methyl/N-ethyl adjacent to an activating group) is 1. The predicted octanol–water partition coefficient (Wildman–Crippen LogP) is 2.89. The fourth-order valence-corrected chi connectivity index (χ4v) is 3.36. The maximum absolute atomic E-state index is 13.9. The van der Waals surface area contributed by atoms with Crippen LogP contribution in [0.25, 0.3) is 0 Å². The number of carbonyl (C=O) groups is 1. The molecule has 1 aliphatic rings. The van der Waals surface area contributed by atoms with Gasteiger partial charge in [-0.05, 0) is 37.1 Å². The van der Waals surface area contributed by atoms with Crippen LogP contribution in [0.15, 0.2) is 48.8 Å². The minimum atomic E-state index is -0.161. The summed E-state index contributed by atoms with van der Waals surface area (Å²) in [5.41, 5.74) is 1.64. The van der Waals surface area contributed by atoms with Crippen LogP contribution in [0.4, 0.5) is 4.39 Å². The topological polar surface area (TPSA) is 36.4 Å². The molecule has 1 aromatic heterocycles. The average molecular weight is 341 g/mol. The lowest BCUT2D eigenvalue weighted by Crippen LogP contribution is -2.48. The molecule has 1 fully saturated rings. The minimum absolute atomic E-state index is 0.103. The molecule has 4 nitrogen and oxygen atoms in total. The molecule has 1 saturated heterocycles. The third-order valence-electron chi connectivity index (χ3n) is 4.85. The highest BCUT2D eigenvalue weighted by Gasteiger charge is 2.26. The normalized spacial score (nSPS) is 18.1. The van der Waals surface area contributed by atoms with Crippen molar-refractivity contribution in [3.63, 3.8) is 0 Å². The number of hydrogen-bond donors (Lipinski definition) is 0. The number of halogens is 1. The second-order valence-corrected chi connectivity index (χ2v) is 6.67. The Kier molecular flexibility index (Phi) is 5.76. The predicted molar refractivity (Wildman–Crippen MR) is 95.4 cm³/mol. The van der Waals surface area contributed by atoms with E-state index < -0.39 is 0 Å². The highest BCUT2D eigenvalue weighted by Crippen LogP contribution is 2.19. The molecule has 1 aliphatic heterocycles. The standard InChI is InChI=1S/C20H24FN3O/c1-23(20(25)12-16-6-4-10-22-13-16)18-8-5-11-24(15-18)14-17-7-2-3-9-19(17)21/h2-4,6-7,9-10,13,18H,5,8,11-12,14-15H2,1H3/t18-/m0/s1. The molecule has 0 radical (unpaired) electrons. The molecule has 0 saturated carbocycles. The SMILES string of the molecule is CN(C(=O)Cc1cccnc1)[C@H]1CCCN(Cc2ccccc2F)C1. The van der Waals surface area contributed by atoms with Crippen LogP contribution in [0, 0.1) is 5.82 Å². The molecule has 0 spiro atoms. The van der Waals surface area contributed by atoms with Gasteiger partial charge in [-0.25, -0.2) is 4.39 Å². The van der Waals surface area contributed by atoms with Crippen LogP contribution < -0.4 is 0 Å². The first-order valence-electron chi connectivity index (χ1n) is 8.74. The number of benzene rings is 1. The van der Waals surface area contributed by atoms with Crippen LogP contribution in [-0.4, -0.2) is 46.9 Å². The summed E-state index contributed by atoms with van der Waals surface area (Å²) in [4.78, 5) is 20.7. The first kappa shape index (κ1) is 17.5. The summed E-state index contributed by atoms with van der Waals surface area (Å²) in [6.45, 7) is 2.31. The summed E-state index contributed by atoms with van der Waals surface area (Å²) in [5.74, 6) is -0.0589. The maximum atomic E-state index is 13.9. The van der Waals surface area contributed by atoms with E-state index in [9.17, 15) is 9.18 Å². The van der Waals surface area contributed by atoms with E-state index in [0.717, 1.165) is 31.5 Å². The van der Waals surface area contributed by atoms with Gasteiger partial charge in [0.05, 0.1) is 6.42 Å². The second kappa shape index (κ2) is 8.21. The van der Waals surface area contributed by atoms with Crippen LogP contribution >= 0.6 is 0 Å². The molecule has 0 aliphatic carbocycles. The van der Waals surface area contributed by atoms with Gasteiger partial charge < -0.3 is 4.90 Å². The van der Waals surface area contributed by atoms with Gasteiger partial charge in [-0.3, -0.25) is 14.7 Å². The number of rotatable bonds is 5. The van der Waals surface area contributed by atoms with Gasteiger partial charge >= 0.3 is 0 Å². The second-order valence-electron chi connectivity index (χ2n) is 6.67. The van der Waals surface area contributed by atoms with Crippen LogP contribution in [0.2, 0.25) is 0 Å². The Bertz CT molecular complexity index is 707. The van der Waals surface area contributed by atoms with Gasteiger partial charge in [0, 0.05) is 44.1 Å². The molecule has 1 aromatic carbocycles. The van der Waals surface area contributed by atoms with Crippen LogP contribution in [-0.2, 0) is 17.8 Å². The van der Waals surface area contributed by atoms with E-state index in [2.05, 4.69) is 9.88 Å². The third kappa shape index (κ3) is 4.63. The molecule has 2 aromatic rings. The Hall–Kier alpha value is -2.27. The zero-order chi connectivity index (χ0) is 17.6. The van der Waals surface area contributed by atoms with Gasteiger partial charge in [-0.1, -0.05) is 24.3 Å². The van der Waals surface area contributed by atoms with E-state index in [1.807, 2.05) is 36.2 Å². The van der Waals surface area contributed by atoms with Crippen LogP contribution in [0.5, 0.6) is 0 Å². The van der Waals surface area contributed by atoms with Crippen LogP contribution in [0.3, 0.4) is 0 Å². The Morgan fingerprint density at radius 3 is 2.92 bits per heavy atom. The minimum Gasteiger partial charge on any atom is -0.341 e. The molecule has 0 unspecified atom stereocenters. The Morgan fingerprint density at radius 1 is 1.32 bits per heavy atom. The van der Waals surface area contributed by atoms with Crippen molar-refractivity contribution in [3.8, 4) is 0 Å². The highest BCUT2D eigenvalue weighted by molar-refractivity contribution is 5.78. The van der Waals surface area contributed by atoms with Crippen molar-refractivity contribution in [1.29, 1.82) is 0 Å². The molecule has 132 valence electrons. The van der Waals surface area contributed by atoms with Crippen molar-refractivity contribution in [2.75, 3.05) is 20.1 Å². The van der Waals surface area contributed by atoms with E-state index in [1.54, 1.807) is 18.5 Å². The van der Waals surface area contributed by atoms with E-state index in [4.69, 9.17) is 0 Å². The number of likely N-dealkylation sites (tertiary alicyclic amines) is 1. The fourth-order valence-electron chi connectivity index (χ4n) is 3.36. The number of nitrogens with zero attached hydrogens (tertiary/aromatic N) is 3. The Labute approximate surface area is 148 Å². The van der Waals surface area contributed by atoms with Crippen molar-refractivity contribution in [2.45, 2.75) is 31.8 Å². The summed E-state index contributed by atoms with van der Waals surface area (Å²) in [6, 6.07) is 10.8. The highest BCUT2D eigenvalue weighted by atomic mass is 19.1. The zero-order valence-electron chi connectivity index (χ0n) is 14.6. The third-order valence-corrected chi connectivity index (χ3v) is 4.85. The number of amides is 1. The number of pyridine rings is 1. The van der Waals surface area contributed by atoms with Crippen molar-refractivity contribution in [2.24, 2.45) is 0 Å². The lowest BCUT2D eigenvalue weighted by molar-refractivity contribution is -0.132. The van der Waals surface area contributed by atoms with E-state index in [0.29, 0.717) is 18.5 Å². The van der Waals surface area contributed by atoms with Crippen molar-refractivity contribution >= 4 is 5.91 Å². The van der Waals surface area contributed by atoms with Crippen molar-refractivity contribution in [1.82, 2.24) is 14.8 Å². The monoisotopic (exact) mass is 341 g/mol. The van der Waals surface area contributed by atoms with Crippen molar-refractivity contribution < 1.29 is 9.18 Å². The molecule has 25 heavy (non-hydrogen) atoms. The van der Waals surface area contributed by atoms with E-state index >= 15 is 0 Å². The van der Waals surface area contributed by atoms with Gasteiger partial charge in [0.1, 0.15) is 5.82 Å². The number of aromatic nitrogens is 1. The summed E-state index contributed by atoms with van der Waals surface area (Å²) >= 11 is 0. The Morgan fingerprint density at radius 2 is 2.16 bits per heavy atom. The first-order chi connectivity index (χ1) is 12.1. The number of hydrogen-bond acceptors (Lipinski definition) is 3. The average Bonchev–Trinajstić information content (AvgIpc) is 2.64. The van der Waals surface area contributed by atoms with Gasteiger partial charge in [0.25, 0.3) is 0 Å². The molecule has 1 atom stereocenters. The smallest absolute Gasteiger partial charge is 0.227 e. The molecule has 1 amide bonds. The van der Waals surface area contributed by atoms with Gasteiger partial charge in [0.2, 0.25) is 5.91 Å². The quantitative estimate of drug-likeness (QED) is 0.839. The summed E-state index contributed by atoms with van der Waals surface area (Å²) in [6.07, 6.45) is 5.82. The van der Waals surface area contributed by atoms with Gasteiger partial charge in [0.15, 0.2) is 0 Å². The lowest BCUT2D eigenvalue weighted by atomic mass is 10.0. The molecule has 0 N–H and O–H groups in total. The van der Waals surface area contributed by atoms with Crippen molar-refractivity contribution in [3.05, 3.63) is 65.7 Å². The number of carbonyl (C=O) groups excluding carboxylic acids is 1. The van der Waals surface area contributed by atoms with Crippen LogP contribution in [0.1, 0.15) is 24.0 Å². The summed E-state index contributed by atoms with van der Waals surface area (Å²) < 4.78 is 13.9. The van der Waals surface area contributed by atoms with E-state index in [1.165, 1.54) is 6.07 Å². The summed E-state index contributed by atoms with van der Waals surface area (Å²) in [5, 5.41) is 0. The largest absolute Gasteiger partial charge is 0.341 e. The Balaban J connectivity index is 1.58.